The summed E-state index contributed by atoms with van der Waals surface area (Å²) in [7, 11) is 0. The van der Waals surface area contributed by atoms with Gasteiger partial charge in [-0.05, 0) is 32.7 Å². The van der Waals surface area contributed by atoms with Crippen LogP contribution in [-0.4, -0.2) is 71.1 Å². The molecule has 0 aliphatic rings. The van der Waals surface area contributed by atoms with Crippen LogP contribution in [0.25, 0.3) is 0 Å². The smallest absolute Gasteiger partial charge is 0.326 e. The van der Waals surface area contributed by atoms with Crippen LogP contribution in [0.5, 0.6) is 0 Å². The molecule has 12 heteroatoms. The van der Waals surface area contributed by atoms with Gasteiger partial charge in [0.05, 0.1) is 19.0 Å². The first kappa shape index (κ1) is 24.3. The molecule has 0 bridgehead atoms. The fraction of sp³-hybridized carbons (Fsp3) is 0.667. The molecule has 0 aliphatic heterocycles. The molecule has 12 nitrogen and oxygen atoms in total. The highest BCUT2D eigenvalue weighted by Gasteiger charge is 2.28. The van der Waals surface area contributed by atoms with Gasteiger partial charge in [-0.15, -0.1) is 0 Å². The van der Waals surface area contributed by atoms with E-state index in [1.165, 1.54) is 6.92 Å². The molecule has 0 spiro atoms. The van der Waals surface area contributed by atoms with Crippen LogP contribution in [0.15, 0.2) is 0 Å². The third-order valence-corrected chi connectivity index (χ3v) is 3.43. The maximum Gasteiger partial charge on any atom is 0.326 e. The van der Waals surface area contributed by atoms with Crippen LogP contribution in [-0.2, 0) is 24.0 Å². The fourth-order valence-corrected chi connectivity index (χ4v) is 1.98. The second kappa shape index (κ2) is 12.6. The zero-order chi connectivity index (χ0) is 21.0. The minimum atomic E-state index is -1.50. The van der Waals surface area contributed by atoms with Crippen LogP contribution in [0.3, 0.4) is 0 Å². The van der Waals surface area contributed by atoms with Crippen LogP contribution in [0.1, 0.15) is 32.6 Å². The summed E-state index contributed by atoms with van der Waals surface area (Å²) >= 11 is 0. The van der Waals surface area contributed by atoms with Crippen molar-refractivity contribution in [2.24, 2.45) is 11.5 Å². The number of carboxylic acids is 2. The second-order valence-corrected chi connectivity index (χ2v) is 5.91. The molecule has 0 saturated heterocycles. The number of carbonyl (C=O) groups excluding carboxylic acids is 3. The van der Waals surface area contributed by atoms with Gasteiger partial charge in [0, 0.05) is 0 Å². The highest BCUT2D eigenvalue weighted by atomic mass is 16.4. The minimum absolute atomic E-state index is 0.108. The number of nitrogens with two attached hydrogens (primary N) is 2. The molecule has 0 heterocycles. The summed E-state index contributed by atoms with van der Waals surface area (Å²) in [6.45, 7) is 1.26. The van der Waals surface area contributed by atoms with E-state index in [0.29, 0.717) is 19.4 Å². The standard InChI is InChI=1S/C15H27N5O7/c1-8(17)13(24)18-7-11(21)19-10(6-12(22)23)14(25)20-9(15(26)27)4-2-3-5-16/h8-10H,2-7,16-17H2,1H3,(H,18,24)(H,19,21)(H,20,25)(H,22,23)(H,26,27). The van der Waals surface area contributed by atoms with E-state index < -0.39 is 60.8 Å². The number of amides is 3. The average molecular weight is 389 g/mol. The Balaban J connectivity index is 4.86. The summed E-state index contributed by atoms with van der Waals surface area (Å²) in [6, 6.07) is -3.59. The van der Waals surface area contributed by atoms with Gasteiger partial charge in [-0.25, -0.2) is 4.79 Å². The molecule has 0 aromatic rings. The minimum Gasteiger partial charge on any atom is -0.481 e. The number of aliphatic carboxylic acids is 2. The third kappa shape index (κ3) is 10.8. The molecule has 154 valence electrons. The Morgan fingerprint density at radius 2 is 1.59 bits per heavy atom. The lowest BCUT2D eigenvalue weighted by Crippen LogP contribution is -2.54. The van der Waals surface area contributed by atoms with Gasteiger partial charge in [-0.1, -0.05) is 0 Å². The number of unbranched alkanes of at least 4 members (excludes halogenated alkanes) is 1. The normalized spacial score (nSPS) is 13.7. The van der Waals surface area contributed by atoms with Gasteiger partial charge in [0.15, 0.2) is 0 Å². The van der Waals surface area contributed by atoms with Gasteiger partial charge in [0.1, 0.15) is 12.1 Å². The largest absolute Gasteiger partial charge is 0.481 e. The molecule has 0 fully saturated rings. The van der Waals surface area contributed by atoms with Crippen LogP contribution in [0.4, 0.5) is 0 Å². The molecule has 0 saturated carbocycles. The molecule has 3 atom stereocenters. The molecule has 9 N–H and O–H groups in total. The summed E-state index contributed by atoms with van der Waals surface area (Å²) in [6.07, 6.45) is 0.367. The Bertz CT molecular complexity index is 553. The molecule has 27 heavy (non-hydrogen) atoms. The molecule has 0 aromatic heterocycles. The zero-order valence-corrected chi connectivity index (χ0v) is 15.1. The predicted octanol–water partition coefficient (Wildman–Crippen LogP) is -2.89. The number of hydrogen-bond donors (Lipinski definition) is 7. The van der Waals surface area contributed by atoms with Gasteiger partial charge in [0.2, 0.25) is 17.7 Å². The topological polar surface area (TPSA) is 214 Å². The molecule has 0 aliphatic carbocycles. The average Bonchev–Trinajstić information content (AvgIpc) is 2.57. The van der Waals surface area contributed by atoms with Crippen LogP contribution < -0.4 is 27.4 Å². The van der Waals surface area contributed by atoms with Crippen LogP contribution >= 0.6 is 0 Å². The van der Waals surface area contributed by atoms with E-state index in [-0.39, 0.29) is 6.42 Å². The van der Waals surface area contributed by atoms with Crippen LogP contribution in [0.2, 0.25) is 0 Å². The Hall–Kier alpha value is -2.73. The van der Waals surface area contributed by atoms with Crippen LogP contribution in [0, 0.1) is 0 Å². The number of carbonyl (C=O) groups is 5. The molecule has 0 rings (SSSR count). The van der Waals surface area contributed by atoms with Crippen molar-refractivity contribution in [2.75, 3.05) is 13.1 Å². The summed E-state index contributed by atoms with van der Waals surface area (Å²) in [5.74, 6) is -5.03. The van der Waals surface area contributed by atoms with Crippen molar-refractivity contribution in [3.63, 3.8) is 0 Å². The van der Waals surface area contributed by atoms with Crippen molar-refractivity contribution in [3.05, 3.63) is 0 Å². The molecule has 3 unspecified atom stereocenters. The summed E-state index contributed by atoms with van der Waals surface area (Å²) < 4.78 is 0. The second-order valence-electron chi connectivity index (χ2n) is 5.91. The highest BCUT2D eigenvalue weighted by molar-refractivity contribution is 5.94. The molecule has 0 radical (unpaired) electrons. The SMILES string of the molecule is CC(N)C(=O)NCC(=O)NC(CC(=O)O)C(=O)NC(CCCCN)C(=O)O. The number of hydrogen-bond acceptors (Lipinski definition) is 7. The number of carboxylic acid groups (broad SMARTS) is 2. The fourth-order valence-electron chi connectivity index (χ4n) is 1.98. The van der Waals surface area contributed by atoms with E-state index in [1.54, 1.807) is 0 Å². The van der Waals surface area contributed by atoms with Gasteiger partial charge in [-0.3, -0.25) is 19.2 Å². The maximum atomic E-state index is 12.2. The first-order valence-electron chi connectivity index (χ1n) is 8.36. The van der Waals surface area contributed by atoms with Crippen molar-refractivity contribution >= 4 is 29.7 Å². The molecular weight excluding hydrogens is 362 g/mol. The van der Waals surface area contributed by atoms with Crippen molar-refractivity contribution in [3.8, 4) is 0 Å². The Labute approximate surface area is 156 Å². The Kier molecular flexibility index (Phi) is 11.3. The van der Waals surface area contributed by atoms with Crippen molar-refractivity contribution in [1.29, 1.82) is 0 Å². The maximum absolute atomic E-state index is 12.2. The summed E-state index contributed by atoms with van der Waals surface area (Å²) in [5, 5.41) is 24.6. The first-order valence-corrected chi connectivity index (χ1v) is 8.36. The highest BCUT2D eigenvalue weighted by Crippen LogP contribution is 2.03. The van der Waals surface area contributed by atoms with E-state index in [9.17, 15) is 24.0 Å². The summed E-state index contributed by atoms with van der Waals surface area (Å²) in [5.41, 5.74) is 10.7. The Morgan fingerprint density at radius 1 is 0.963 bits per heavy atom. The quantitative estimate of drug-likeness (QED) is 0.161. The van der Waals surface area contributed by atoms with E-state index in [0.717, 1.165) is 0 Å². The van der Waals surface area contributed by atoms with Gasteiger partial charge < -0.3 is 37.6 Å². The van der Waals surface area contributed by atoms with E-state index >= 15 is 0 Å². The molecule has 0 aromatic carbocycles. The first-order chi connectivity index (χ1) is 12.6. The lowest BCUT2D eigenvalue weighted by atomic mass is 10.1. The van der Waals surface area contributed by atoms with E-state index in [1.807, 2.05) is 0 Å². The predicted molar refractivity (Wildman–Crippen MR) is 93.3 cm³/mol. The van der Waals surface area contributed by atoms with Gasteiger partial charge in [0.25, 0.3) is 0 Å². The number of rotatable bonds is 13. The molecule has 3 amide bonds. The lowest BCUT2D eigenvalue weighted by molar-refractivity contribution is -0.143. The monoisotopic (exact) mass is 389 g/mol. The lowest BCUT2D eigenvalue weighted by Gasteiger charge is -2.20. The van der Waals surface area contributed by atoms with E-state index in [2.05, 4.69) is 16.0 Å². The third-order valence-electron chi connectivity index (χ3n) is 3.43. The van der Waals surface area contributed by atoms with E-state index in [4.69, 9.17) is 21.7 Å². The van der Waals surface area contributed by atoms with Gasteiger partial charge >= 0.3 is 11.9 Å². The van der Waals surface area contributed by atoms with Crippen molar-refractivity contribution in [1.82, 2.24) is 16.0 Å². The van der Waals surface area contributed by atoms with Crippen molar-refractivity contribution in [2.45, 2.75) is 50.7 Å². The number of nitrogens with one attached hydrogen (secondary N) is 3. The Morgan fingerprint density at radius 3 is 2.07 bits per heavy atom. The molecular formula is C15H27N5O7. The summed E-state index contributed by atoms with van der Waals surface area (Å²) in [4.78, 5) is 57.5. The zero-order valence-electron chi connectivity index (χ0n) is 15.1. The van der Waals surface area contributed by atoms with Crippen molar-refractivity contribution < 1.29 is 34.2 Å². The van der Waals surface area contributed by atoms with Gasteiger partial charge in [-0.2, -0.15) is 0 Å².